The second-order valence-corrected chi connectivity index (χ2v) is 6.09. The van der Waals surface area contributed by atoms with Crippen LogP contribution in [0.3, 0.4) is 0 Å². The van der Waals surface area contributed by atoms with Crippen molar-refractivity contribution in [3.63, 3.8) is 0 Å². The van der Waals surface area contributed by atoms with Gasteiger partial charge in [-0.25, -0.2) is 4.79 Å². The Bertz CT molecular complexity index is 998. The number of rotatable bonds is 7. The molecule has 1 atom stereocenters. The van der Waals surface area contributed by atoms with E-state index in [-0.39, 0.29) is 11.7 Å². The van der Waals surface area contributed by atoms with Gasteiger partial charge in [-0.1, -0.05) is 18.2 Å². The Morgan fingerprint density at radius 3 is 2.68 bits per heavy atom. The summed E-state index contributed by atoms with van der Waals surface area (Å²) in [6, 6.07) is 12.1. The number of esters is 1. The summed E-state index contributed by atoms with van der Waals surface area (Å²) >= 11 is 0. The summed E-state index contributed by atoms with van der Waals surface area (Å²) in [5.41, 5.74) is 1.61. The lowest BCUT2D eigenvalue weighted by Crippen LogP contribution is -2.31. The lowest BCUT2D eigenvalue weighted by molar-refractivity contribution is -0.124. The molecule has 3 rings (SSSR count). The minimum Gasteiger partial charge on any atom is -0.497 e. The van der Waals surface area contributed by atoms with Gasteiger partial charge in [-0.3, -0.25) is 9.89 Å². The molecule has 0 spiro atoms. The Labute approximate surface area is 161 Å². The first kappa shape index (κ1) is 19.2. The fraction of sp³-hybridized carbons (Fsp3) is 0.250. The zero-order valence-electron chi connectivity index (χ0n) is 15.8. The fourth-order valence-corrected chi connectivity index (χ4v) is 2.86. The van der Waals surface area contributed by atoms with Gasteiger partial charge in [-0.15, -0.1) is 0 Å². The smallest absolute Gasteiger partial charge is 0.359 e. The first-order valence-corrected chi connectivity index (χ1v) is 8.65. The molecule has 0 bridgehead atoms. The van der Waals surface area contributed by atoms with E-state index in [0.717, 1.165) is 11.1 Å². The predicted molar refractivity (Wildman–Crippen MR) is 102 cm³/mol. The van der Waals surface area contributed by atoms with Gasteiger partial charge < -0.3 is 19.5 Å². The number of aromatic amines is 1. The summed E-state index contributed by atoms with van der Waals surface area (Å²) in [5, 5.41) is 10.1. The monoisotopic (exact) mass is 383 g/mol. The highest BCUT2D eigenvalue weighted by atomic mass is 16.5. The Morgan fingerprint density at radius 1 is 1.14 bits per heavy atom. The zero-order chi connectivity index (χ0) is 20.1. The van der Waals surface area contributed by atoms with E-state index in [2.05, 4.69) is 15.5 Å². The van der Waals surface area contributed by atoms with E-state index in [4.69, 9.17) is 14.2 Å². The minimum absolute atomic E-state index is 0.144. The van der Waals surface area contributed by atoms with Crippen molar-refractivity contribution in [3.05, 3.63) is 53.7 Å². The number of H-pyrrole nitrogens is 1. The highest BCUT2D eigenvalue weighted by molar-refractivity contribution is 6.02. The zero-order valence-corrected chi connectivity index (χ0v) is 15.8. The predicted octanol–water partition coefficient (Wildman–Crippen LogP) is 2.61. The standard InChI is InChI=1S/C20H21N3O5/c1-12(15-10-13(26-2)8-9-17(15)27-3)21-18(24)11-28-20(25)19-14-6-4-5-7-16(14)22-23-19/h4-10,12H,11H2,1-3H3,(H,21,24)(H,22,23)/t12-/m1/s1. The molecule has 1 amide bonds. The molecule has 0 aliphatic heterocycles. The van der Waals surface area contributed by atoms with E-state index in [9.17, 15) is 9.59 Å². The van der Waals surface area contributed by atoms with Crippen LogP contribution in [0.4, 0.5) is 0 Å². The molecular formula is C20H21N3O5. The first-order chi connectivity index (χ1) is 13.5. The molecule has 146 valence electrons. The lowest BCUT2D eigenvalue weighted by atomic mass is 10.1. The molecule has 8 nitrogen and oxygen atoms in total. The van der Waals surface area contributed by atoms with Crippen molar-refractivity contribution in [1.82, 2.24) is 15.5 Å². The van der Waals surface area contributed by atoms with Crippen LogP contribution in [0.25, 0.3) is 10.9 Å². The van der Waals surface area contributed by atoms with Crippen molar-refractivity contribution in [1.29, 1.82) is 0 Å². The molecular weight excluding hydrogens is 362 g/mol. The molecule has 0 aliphatic carbocycles. The number of nitrogens with zero attached hydrogens (tertiary/aromatic N) is 1. The Balaban J connectivity index is 1.62. The number of amides is 1. The normalized spacial score (nSPS) is 11.7. The van der Waals surface area contributed by atoms with Crippen LogP contribution in [0.2, 0.25) is 0 Å². The first-order valence-electron chi connectivity index (χ1n) is 8.65. The van der Waals surface area contributed by atoms with Gasteiger partial charge in [-0.2, -0.15) is 5.10 Å². The van der Waals surface area contributed by atoms with Gasteiger partial charge >= 0.3 is 5.97 Å². The van der Waals surface area contributed by atoms with E-state index in [1.807, 2.05) is 6.07 Å². The van der Waals surface area contributed by atoms with Gasteiger partial charge in [0.1, 0.15) is 11.5 Å². The largest absolute Gasteiger partial charge is 0.497 e. The van der Waals surface area contributed by atoms with Gasteiger partial charge in [0.2, 0.25) is 0 Å². The maximum atomic E-state index is 12.2. The second-order valence-electron chi connectivity index (χ2n) is 6.09. The SMILES string of the molecule is COc1ccc(OC)c([C@@H](C)NC(=O)COC(=O)c2n[nH]c3ccccc23)c1. The lowest BCUT2D eigenvalue weighted by Gasteiger charge is -2.18. The second kappa shape index (κ2) is 8.43. The number of hydrogen-bond acceptors (Lipinski definition) is 6. The Hall–Kier alpha value is -3.55. The molecule has 0 saturated heterocycles. The average molecular weight is 383 g/mol. The van der Waals surface area contributed by atoms with Gasteiger partial charge in [0, 0.05) is 10.9 Å². The molecule has 8 heteroatoms. The Morgan fingerprint density at radius 2 is 1.93 bits per heavy atom. The van der Waals surface area contributed by atoms with Gasteiger partial charge in [-0.05, 0) is 31.2 Å². The molecule has 0 unspecified atom stereocenters. The van der Waals surface area contributed by atoms with Gasteiger partial charge in [0.25, 0.3) is 5.91 Å². The van der Waals surface area contributed by atoms with Gasteiger partial charge in [0.15, 0.2) is 12.3 Å². The van der Waals surface area contributed by atoms with Crippen molar-refractivity contribution in [2.24, 2.45) is 0 Å². The van der Waals surface area contributed by atoms with Crippen LogP contribution in [0.5, 0.6) is 11.5 Å². The van der Waals surface area contributed by atoms with Crippen LogP contribution >= 0.6 is 0 Å². The third kappa shape index (κ3) is 4.06. The van der Waals surface area contributed by atoms with Crippen LogP contribution < -0.4 is 14.8 Å². The number of methoxy groups -OCH3 is 2. The summed E-state index contributed by atoms with van der Waals surface area (Å²) in [6.07, 6.45) is 0. The topological polar surface area (TPSA) is 103 Å². The maximum absolute atomic E-state index is 12.2. The summed E-state index contributed by atoms with van der Waals surface area (Å²) in [4.78, 5) is 24.5. The van der Waals surface area contributed by atoms with E-state index in [1.165, 1.54) is 0 Å². The third-order valence-electron chi connectivity index (χ3n) is 4.28. The highest BCUT2D eigenvalue weighted by Gasteiger charge is 2.19. The number of benzene rings is 2. The number of hydrogen-bond donors (Lipinski definition) is 2. The van der Waals surface area contributed by atoms with E-state index in [1.54, 1.807) is 57.5 Å². The van der Waals surface area contributed by atoms with Crippen LogP contribution in [0.1, 0.15) is 29.0 Å². The number of carbonyl (C=O) groups excluding carboxylic acids is 2. The molecule has 2 N–H and O–H groups in total. The van der Waals surface area contributed by atoms with Crippen molar-refractivity contribution < 1.29 is 23.8 Å². The third-order valence-corrected chi connectivity index (χ3v) is 4.28. The molecule has 3 aromatic rings. The van der Waals surface area contributed by atoms with E-state index in [0.29, 0.717) is 16.9 Å². The maximum Gasteiger partial charge on any atom is 0.359 e. The van der Waals surface area contributed by atoms with Crippen molar-refractivity contribution in [2.75, 3.05) is 20.8 Å². The van der Waals surface area contributed by atoms with Gasteiger partial charge in [0.05, 0.1) is 25.8 Å². The molecule has 1 heterocycles. The number of ether oxygens (including phenoxy) is 3. The van der Waals surface area contributed by atoms with Crippen LogP contribution in [0.15, 0.2) is 42.5 Å². The van der Waals surface area contributed by atoms with Crippen LogP contribution in [-0.2, 0) is 9.53 Å². The molecule has 0 saturated carbocycles. The summed E-state index contributed by atoms with van der Waals surface area (Å²) < 4.78 is 15.7. The fourth-order valence-electron chi connectivity index (χ4n) is 2.86. The summed E-state index contributed by atoms with van der Waals surface area (Å²) in [5.74, 6) is 0.159. The number of nitrogens with one attached hydrogen (secondary N) is 2. The molecule has 0 fully saturated rings. The molecule has 28 heavy (non-hydrogen) atoms. The number of aromatic nitrogens is 2. The van der Waals surface area contributed by atoms with Crippen molar-refractivity contribution >= 4 is 22.8 Å². The summed E-state index contributed by atoms with van der Waals surface area (Å²) in [6.45, 7) is 1.38. The Kier molecular flexibility index (Phi) is 5.78. The van der Waals surface area contributed by atoms with Crippen molar-refractivity contribution in [3.8, 4) is 11.5 Å². The number of fused-ring (bicyclic) bond motifs is 1. The van der Waals surface area contributed by atoms with Crippen molar-refractivity contribution in [2.45, 2.75) is 13.0 Å². The number of carbonyl (C=O) groups is 2. The van der Waals surface area contributed by atoms with Crippen LogP contribution in [-0.4, -0.2) is 42.9 Å². The van der Waals surface area contributed by atoms with Crippen LogP contribution in [0, 0.1) is 0 Å². The highest BCUT2D eigenvalue weighted by Crippen LogP contribution is 2.29. The molecule has 2 aromatic carbocycles. The van der Waals surface area contributed by atoms with E-state index >= 15 is 0 Å². The van der Waals surface area contributed by atoms with E-state index < -0.39 is 18.5 Å². The number of para-hydroxylation sites is 1. The minimum atomic E-state index is -0.667. The molecule has 0 aliphatic rings. The summed E-state index contributed by atoms with van der Waals surface area (Å²) in [7, 11) is 3.11. The quantitative estimate of drug-likeness (QED) is 0.608. The molecule has 1 aromatic heterocycles. The molecule has 0 radical (unpaired) electrons. The average Bonchev–Trinajstić information content (AvgIpc) is 3.15.